The minimum absolute atomic E-state index is 0.0394. The lowest BCUT2D eigenvalue weighted by atomic mass is 9.97. The van der Waals surface area contributed by atoms with E-state index in [1.165, 1.54) is 11.3 Å². The quantitative estimate of drug-likeness (QED) is 0.568. The van der Waals surface area contributed by atoms with E-state index < -0.39 is 32.6 Å². The van der Waals surface area contributed by atoms with Crippen molar-refractivity contribution in [1.82, 2.24) is 14.5 Å². The molecule has 1 amide bonds. The van der Waals surface area contributed by atoms with Gasteiger partial charge in [-0.3, -0.25) is 9.89 Å². The standard InChI is InChI=1S/C20H19F3N4O3S2/c21-20(22,23)14-3-1-4-15(11-14)32(29,30)27-8-6-13(7-9-27)19(28)24-18-12-16(25-26-18)17-5-2-10-31-17/h1-5,10-13H,6-9H2,(H2,24,25,26,28). The molecule has 0 spiro atoms. The minimum Gasteiger partial charge on any atom is -0.309 e. The van der Waals surface area contributed by atoms with Crippen LogP contribution in [0.5, 0.6) is 0 Å². The number of aromatic amines is 1. The van der Waals surface area contributed by atoms with Gasteiger partial charge in [0.05, 0.1) is 21.0 Å². The van der Waals surface area contributed by atoms with Crippen LogP contribution in [0.25, 0.3) is 10.6 Å². The molecule has 0 unspecified atom stereocenters. The normalized spacial score (nSPS) is 16.2. The summed E-state index contributed by atoms with van der Waals surface area (Å²) < 4.78 is 65.5. The Bertz CT molecular complexity index is 1200. The molecule has 0 radical (unpaired) electrons. The van der Waals surface area contributed by atoms with Gasteiger partial charge in [-0.1, -0.05) is 12.1 Å². The molecular weight excluding hydrogens is 465 g/mol. The summed E-state index contributed by atoms with van der Waals surface area (Å²) in [5, 5.41) is 11.6. The number of anilines is 1. The average molecular weight is 485 g/mol. The molecule has 1 aliphatic rings. The largest absolute Gasteiger partial charge is 0.416 e. The van der Waals surface area contributed by atoms with Gasteiger partial charge in [-0.2, -0.15) is 22.6 Å². The van der Waals surface area contributed by atoms with Crippen LogP contribution in [0.4, 0.5) is 19.0 Å². The van der Waals surface area contributed by atoms with Gasteiger partial charge >= 0.3 is 6.18 Å². The van der Waals surface area contributed by atoms with Gasteiger partial charge in [0.2, 0.25) is 15.9 Å². The maximum atomic E-state index is 12.9. The zero-order valence-electron chi connectivity index (χ0n) is 16.6. The monoisotopic (exact) mass is 484 g/mol. The maximum absolute atomic E-state index is 12.9. The minimum atomic E-state index is -4.63. The molecule has 0 atom stereocenters. The van der Waals surface area contributed by atoms with Crippen LogP contribution in [-0.2, 0) is 21.0 Å². The first-order valence-electron chi connectivity index (χ1n) is 9.72. The molecule has 1 aliphatic heterocycles. The lowest BCUT2D eigenvalue weighted by Crippen LogP contribution is -2.41. The highest BCUT2D eigenvalue weighted by molar-refractivity contribution is 7.89. The third-order valence-corrected chi connectivity index (χ3v) is 8.04. The average Bonchev–Trinajstić information content (AvgIpc) is 3.45. The Balaban J connectivity index is 1.38. The maximum Gasteiger partial charge on any atom is 0.416 e. The molecule has 3 aromatic rings. The number of halogens is 3. The van der Waals surface area contributed by atoms with Crippen LogP contribution in [-0.4, -0.2) is 41.9 Å². The molecule has 0 bridgehead atoms. The van der Waals surface area contributed by atoms with Crippen molar-refractivity contribution in [3.8, 4) is 10.6 Å². The van der Waals surface area contributed by atoms with Crippen LogP contribution < -0.4 is 5.32 Å². The first-order chi connectivity index (χ1) is 15.1. The van der Waals surface area contributed by atoms with Crippen molar-refractivity contribution in [2.75, 3.05) is 18.4 Å². The topological polar surface area (TPSA) is 95.2 Å². The summed E-state index contributed by atoms with van der Waals surface area (Å²) in [6, 6.07) is 9.23. The van der Waals surface area contributed by atoms with E-state index in [0.717, 1.165) is 33.1 Å². The number of H-pyrrole nitrogens is 1. The number of carbonyl (C=O) groups excluding carboxylic acids is 1. The number of aromatic nitrogens is 2. The van der Waals surface area contributed by atoms with Crippen molar-refractivity contribution in [2.24, 2.45) is 5.92 Å². The number of hydrogen-bond donors (Lipinski definition) is 2. The van der Waals surface area contributed by atoms with Gasteiger partial charge in [-0.25, -0.2) is 8.42 Å². The van der Waals surface area contributed by atoms with Gasteiger partial charge in [-0.05, 0) is 42.5 Å². The van der Waals surface area contributed by atoms with E-state index in [0.29, 0.717) is 11.9 Å². The second kappa shape index (κ2) is 8.68. The molecule has 0 aliphatic carbocycles. The summed E-state index contributed by atoms with van der Waals surface area (Å²) in [7, 11) is -4.09. The molecular formula is C20H19F3N4O3S2. The number of hydrogen-bond acceptors (Lipinski definition) is 5. The summed E-state index contributed by atoms with van der Waals surface area (Å²) >= 11 is 1.53. The Morgan fingerprint density at radius 1 is 1.16 bits per heavy atom. The number of thiophene rings is 1. The molecule has 7 nitrogen and oxygen atoms in total. The number of sulfonamides is 1. The number of amides is 1. The summed E-state index contributed by atoms with van der Waals surface area (Å²) in [6.45, 7) is 0.0787. The van der Waals surface area contributed by atoms with E-state index in [9.17, 15) is 26.4 Å². The van der Waals surface area contributed by atoms with Gasteiger partial charge < -0.3 is 5.32 Å². The molecule has 12 heteroatoms. The van der Waals surface area contributed by atoms with Gasteiger partial charge in [0.15, 0.2) is 5.82 Å². The molecule has 1 fully saturated rings. The third-order valence-electron chi connectivity index (χ3n) is 5.24. The van der Waals surface area contributed by atoms with Gasteiger partial charge in [0.25, 0.3) is 0 Å². The van der Waals surface area contributed by atoms with Crippen LogP contribution in [0.3, 0.4) is 0 Å². The first kappa shape index (κ1) is 22.5. The Kier molecular flexibility index (Phi) is 6.10. The van der Waals surface area contributed by atoms with Crippen LogP contribution in [0.1, 0.15) is 18.4 Å². The Hall–Kier alpha value is -2.70. The molecule has 2 N–H and O–H groups in total. The van der Waals surface area contributed by atoms with E-state index in [1.807, 2.05) is 17.5 Å². The molecule has 170 valence electrons. The van der Waals surface area contributed by atoms with Crippen molar-refractivity contribution in [3.05, 3.63) is 53.4 Å². The van der Waals surface area contributed by atoms with Gasteiger partial charge in [0, 0.05) is 25.1 Å². The smallest absolute Gasteiger partial charge is 0.309 e. The molecule has 4 rings (SSSR count). The molecule has 0 saturated carbocycles. The number of benzene rings is 1. The number of piperidine rings is 1. The van der Waals surface area contributed by atoms with Gasteiger partial charge in [-0.15, -0.1) is 11.3 Å². The van der Waals surface area contributed by atoms with E-state index in [1.54, 1.807) is 6.07 Å². The van der Waals surface area contributed by atoms with Crippen molar-refractivity contribution in [1.29, 1.82) is 0 Å². The van der Waals surface area contributed by atoms with E-state index >= 15 is 0 Å². The van der Waals surface area contributed by atoms with Crippen LogP contribution in [0.15, 0.2) is 52.7 Å². The summed E-state index contributed by atoms with van der Waals surface area (Å²) in [5.74, 6) is -0.326. The second-order valence-electron chi connectivity index (χ2n) is 7.34. The number of nitrogens with zero attached hydrogens (tertiary/aromatic N) is 2. The van der Waals surface area contributed by atoms with Crippen molar-refractivity contribution >= 4 is 33.1 Å². The van der Waals surface area contributed by atoms with Crippen molar-refractivity contribution in [3.63, 3.8) is 0 Å². The van der Waals surface area contributed by atoms with Gasteiger partial charge in [0.1, 0.15) is 0 Å². The van der Waals surface area contributed by atoms with Crippen LogP contribution >= 0.6 is 11.3 Å². The molecule has 1 aromatic carbocycles. The summed E-state index contributed by atoms with van der Waals surface area (Å²) in [6.07, 6.45) is -4.12. The summed E-state index contributed by atoms with van der Waals surface area (Å²) in [4.78, 5) is 13.2. The molecule has 1 saturated heterocycles. The predicted octanol–water partition coefficient (Wildman–Crippen LogP) is 4.20. The summed E-state index contributed by atoms with van der Waals surface area (Å²) in [5.41, 5.74) is -0.244. The lowest BCUT2D eigenvalue weighted by molar-refractivity contribution is -0.137. The molecule has 2 aromatic heterocycles. The van der Waals surface area contributed by atoms with E-state index in [2.05, 4.69) is 15.5 Å². The van der Waals surface area contributed by atoms with E-state index in [4.69, 9.17) is 0 Å². The number of alkyl halides is 3. The Morgan fingerprint density at radius 2 is 1.91 bits per heavy atom. The van der Waals surface area contributed by atoms with Crippen LogP contribution in [0.2, 0.25) is 0 Å². The number of nitrogens with one attached hydrogen (secondary N) is 2. The molecule has 32 heavy (non-hydrogen) atoms. The molecule has 3 heterocycles. The predicted molar refractivity (Wildman–Crippen MR) is 113 cm³/mol. The fraction of sp³-hybridized carbons (Fsp3) is 0.300. The number of carbonyl (C=O) groups is 1. The third kappa shape index (κ3) is 4.71. The Morgan fingerprint density at radius 3 is 2.56 bits per heavy atom. The highest BCUT2D eigenvalue weighted by Crippen LogP contribution is 2.32. The lowest BCUT2D eigenvalue weighted by Gasteiger charge is -2.30. The first-order valence-corrected chi connectivity index (χ1v) is 12.0. The highest BCUT2D eigenvalue weighted by Gasteiger charge is 2.35. The van der Waals surface area contributed by atoms with Crippen LogP contribution in [0, 0.1) is 5.92 Å². The van der Waals surface area contributed by atoms with E-state index in [-0.39, 0.29) is 31.8 Å². The Labute approximate surface area is 186 Å². The second-order valence-corrected chi connectivity index (χ2v) is 10.2. The zero-order valence-corrected chi connectivity index (χ0v) is 18.2. The van der Waals surface area contributed by atoms with Crippen molar-refractivity contribution in [2.45, 2.75) is 23.9 Å². The highest BCUT2D eigenvalue weighted by atomic mass is 32.2. The number of rotatable bonds is 5. The fourth-order valence-corrected chi connectivity index (χ4v) is 5.72. The van der Waals surface area contributed by atoms with Crippen molar-refractivity contribution < 1.29 is 26.4 Å². The SMILES string of the molecule is O=C(Nc1cc(-c2cccs2)[nH]n1)C1CCN(S(=O)(=O)c2cccc(C(F)(F)F)c2)CC1. The fourth-order valence-electron chi connectivity index (χ4n) is 3.51. The zero-order chi connectivity index (χ0) is 22.9.